The van der Waals surface area contributed by atoms with Crippen molar-refractivity contribution < 1.29 is 5.41 Å². The summed E-state index contributed by atoms with van der Waals surface area (Å²) in [5, 5.41) is 5.90. The van der Waals surface area contributed by atoms with Gasteiger partial charge in [-0.25, -0.2) is 0 Å². The third kappa shape index (κ3) is 5.53. The molecule has 0 saturated carbocycles. The summed E-state index contributed by atoms with van der Waals surface area (Å²) >= 11 is 0. The Morgan fingerprint density at radius 1 is 0.958 bits per heavy atom. The molecule has 6 N–H and O–H groups in total. The molecular formula is C19H22N5+. The summed E-state index contributed by atoms with van der Waals surface area (Å²) in [4.78, 5) is 8.43. The van der Waals surface area contributed by atoms with Crippen molar-refractivity contribution in [2.75, 3.05) is 0 Å². The molecule has 0 amide bonds. The number of amidine groups is 3. The summed E-state index contributed by atoms with van der Waals surface area (Å²) in [6.45, 7) is 2.57. The standard InChI is InChI=1S/C19H21N5/c1-14-7-9-15(10-8-14)13-23-17(20)11-12-18(21)24-19(22)16-5-3-2-4-6-16/h2-12H,13H2,1H3,(H2,20,23)(H3,21,22,24)/p+1/b12-11-. The molecule has 0 aliphatic rings. The average Bonchev–Trinajstić information content (AvgIpc) is 2.60. The highest BCUT2D eigenvalue weighted by Crippen LogP contribution is 2.04. The van der Waals surface area contributed by atoms with E-state index in [0.29, 0.717) is 18.2 Å². The summed E-state index contributed by atoms with van der Waals surface area (Å²) in [6, 6.07) is 17.6. The van der Waals surface area contributed by atoms with Gasteiger partial charge in [0, 0.05) is 6.08 Å². The molecule has 0 spiro atoms. The van der Waals surface area contributed by atoms with Crippen molar-refractivity contribution in [2.45, 2.75) is 13.5 Å². The summed E-state index contributed by atoms with van der Waals surface area (Å²) in [6.07, 6.45) is 3.20. The summed E-state index contributed by atoms with van der Waals surface area (Å²) in [5.41, 5.74) is 14.8. The lowest BCUT2D eigenvalue weighted by Gasteiger charge is -1.98. The van der Waals surface area contributed by atoms with Crippen LogP contribution in [0.3, 0.4) is 0 Å². The lowest BCUT2D eigenvalue weighted by atomic mass is 10.1. The third-order valence-corrected chi connectivity index (χ3v) is 3.31. The molecule has 0 fully saturated rings. The topological polar surface area (TPSA) is 102 Å². The van der Waals surface area contributed by atoms with Crippen LogP contribution >= 0.6 is 0 Å². The van der Waals surface area contributed by atoms with Gasteiger partial charge in [-0.1, -0.05) is 48.0 Å². The van der Waals surface area contributed by atoms with Crippen molar-refractivity contribution in [2.24, 2.45) is 21.5 Å². The largest absolute Gasteiger partial charge is 0.384 e. The van der Waals surface area contributed by atoms with Gasteiger partial charge in [0.25, 0.3) is 0 Å². The fourth-order valence-corrected chi connectivity index (χ4v) is 1.95. The Bertz CT molecular complexity index is 771. The van der Waals surface area contributed by atoms with E-state index >= 15 is 0 Å². The Morgan fingerprint density at radius 3 is 2.25 bits per heavy atom. The average molecular weight is 320 g/mol. The van der Waals surface area contributed by atoms with E-state index in [2.05, 4.69) is 9.98 Å². The molecule has 2 aromatic rings. The van der Waals surface area contributed by atoms with E-state index in [4.69, 9.17) is 16.9 Å². The summed E-state index contributed by atoms with van der Waals surface area (Å²) in [5.74, 6) is 1.00. The lowest BCUT2D eigenvalue weighted by molar-refractivity contribution is -0.114. The Labute approximate surface area is 142 Å². The number of aryl methyl sites for hydroxylation is 1. The first kappa shape index (κ1) is 17.1. The van der Waals surface area contributed by atoms with Gasteiger partial charge in [0.1, 0.15) is 5.84 Å². The highest BCUT2D eigenvalue weighted by molar-refractivity contribution is 6.08. The first-order valence-electron chi connectivity index (χ1n) is 7.60. The van der Waals surface area contributed by atoms with Crippen LogP contribution in [-0.2, 0) is 6.54 Å². The van der Waals surface area contributed by atoms with Crippen LogP contribution in [-0.4, -0.2) is 17.5 Å². The van der Waals surface area contributed by atoms with E-state index in [1.807, 2.05) is 61.5 Å². The van der Waals surface area contributed by atoms with E-state index in [-0.39, 0.29) is 5.84 Å². The van der Waals surface area contributed by atoms with Crippen LogP contribution in [0.25, 0.3) is 0 Å². The first-order chi connectivity index (χ1) is 11.5. The molecule has 0 heterocycles. The van der Waals surface area contributed by atoms with Crippen LogP contribution in [0.2, 0.25) is 0 Å². The maximum Gasteiger partial charge on any atom is 0.324 e. The number of hydrogen-bond acceptors (Lipinski definition) is 1. The fourth-order valence-electron chi connectivity index (χ4n) is 1.95. The van der Waals surface area contributed by atoms with E-state index in [1.54, 1.807) is 12.2 Å². The van der Waals surface area contributed by atoms with Crippen LogP contribution in [0.15, 0.2) is 76.7 Å². The smallest absolute Gasteiger partial charge is 0.324 e. The molecular weight excluding hydrogens is 298 g/mol. The highest BCUT2D eigenvalue weighted by Gasteiger charge is 2.07. The third-order valence-electron chi connectivity index (χ3n) is 3.31. The second-order valence-corrected chi connectivity index (χ2v) is 5.35. The molecule has 2 aromatic carbocycles. The van der Waals surface area contributed by atoms with Crippen molar-refractivity contribution >= 4 is 17.5 Å². The molecule has 5 heteroatoms. The van der Waals surface area contributed by atoms with Crippen LogP contribution in [0.4, 0.5) is 0 Å². The minimum atomic E-state index is 0.268. The molecule has 0 saturated heterocycles. The number of aliphatic imine (C=N–C) groups is 2. The van der Waals surface area contributed by atoms with Gasteiger partial charge < -0.3 is 11.5 Å². The molecule has 0 aliphatic carbocycles. The van der Waals surface area contributed by atoms with Crippen LogP contribution in [0.5, 0.6) is 0 Å². The molecule has 0 radical (unpaired) electrons. The monoisotopic (exact) mass is 320 g/mol. The zero-order valence-electron chi connectivity index (χ0n) is 13.7. The van der Waals surface area contributed by atoms with Gasteiger partial charge in [0.2, 0.25) is 5.84 Å². The SMILES string of the molecule is Cc1ccc(CN=C(N)/C=C\C(N)=NC(=[NH2+])c2ccccc2)cc1. The quantitative estimate of drug-likeness (QED) is 0.564. The van der Waals surface area contributed by atoms with Crippen molar-refractivity contribution in [1.29, 1.82) is 0 Å². The minimum absolute atomic E-state index is 0.268. The number of rotatable bonds is 5. The zero-order valence-corrected chi connectivity index (χ0v) is 13.7. The molecule has 0 unspecified atom stereocenters. The van der Waals surface area contributed by atoms with Crippen molar-refractivity contribution in [3.05, 3.63) is 83.4 Å². The number of nitrogens with zero attached hydrogens (tertiary/aromatic N) is 2. The van der Waals surface area contributed by atoms with Gasteiger partial charge in [-0.3, -0.25) is 10.4 Å². The predicted octanol–water partition coefficient (Wildman–Crippen LogP) is 0.972. The fraction of sp³-hybridized carbons (Fsp3) is 0.105. The van der Waals surface area contributed by atoms with E-state index < -0.39 is 0 Å². The second kappa shape index (κ2) is 8.43. The van der Waals surface area contributed by atoms with E-state index in [0.717, 1.165) is 11.1 Å². The van der Waals surface area contributed by atoms with Gasteiger partial charge in [-0.05, 0) is 35.7 Å². The summed E-state index contributed by atoms with van der Waals surface area (Å²) < 4.78 is 0. The second-order valence-electron chi connectivity index (χ2n) is 5.35. The molecule has 24 heavy (non-hydrogen) atoms. The molecule has 0 aromatic heterocycles. The number of benzene rings is 2. The van der Waals surface area contributed by atoms with E-state index in [1.165, 1.54) is 5.56 Å². The Kier molecular flexibility index (Phi) is 6.02. The molecule has 0 bridgehead atoms. The number of nitrogens with two attached hydrogens (primary N) is 3. The molecule has 5 nitrogen and oxygen atoms in total. The Hall–Kier alpha value is -3.21. The van der Waals surface area contributed by atoms with Gasteiger partial charge in [0.15, 0.2) is 0 Å². The molecule has 122 valence electrons. The Morgan fingerprint density at radius 2 is 1.58 bits per heavy atom. The van der Waals surface area contributed by atoms with Gasteiger partial charge >= 0.3 is 5.84 Å². The lowest BCUT2D eigenvalue weighted by Crippen LogP contribution is -2.40. The Balaban J connectivity index is 1.95. The normalized spacial score (nSPS) is 12.5. The maximum atomic E-state index is 5.90. The first-order valence-corrected chi connectivity index (χ1v) is 7.60. The minimum Gasteiger partial charge on any atom is -0.384 e. The van der Waals surface area contributed by atoms with Crippen LogP contribution in [0, 0.1) is 6.92 Å². The predicted molar refractivity (Wildman–Crippen MR) is 99.7 cm³/mol. The van der Waals surface area contributed by atoms with Crippen molar-refractivity contribution in [3.63, 3.8) is 0 Å². The highest BCUT2D eigenvalue weighted by atomic mass is 14.9. The molecule has 0 atom stereocenters. The maximum absolute atomic E-state index is 5.90. The van der Waals surface area contributed by atoms with Crippen LogP contribution in [0.1, 0.15) is 16.7 Å². The molecule has 0 aliphatic heterocycles. The molecule has 2 rings (SSSR count). The van der Waals surface area contributed by atoms with Crippen molar-refractivity contribution in [3.8, 4) is 0 Å². The number of hydrogen-bond donors (Lipinski definition) is 3. The van der Waals surface area contributed by atoms with Crippen molar-refractivity contribution in [1.82, 2.24) is 0 Å². The van der Waals surface area contributed by atoms with Gasteiger partial charge in [-0.2, -0.15) is 0 Å². The zero-order chi connectivity index (χ0) is 17.4. The van der Waals surface area contributed by atoms with E-state index in [9.17, 15) is 0 Å². The van der Waals surface area contributed by atoms with Gasteiger partial charge in [0.05, 0.1) is 12.1 Å². The van der Waals surface area contributed by atoms with Gasteiger partial charge in [-0.15, -0.1) is 0 Å². The summed E-state index contributed by atoms with van der Waals surface area (Å²) in [7, 11) is 0. The van der Waals surface area contributed by atoms with Crippen LogP contribution < -0.4 is 16.9 Å².